The molecule has 0 atom stereocenters. The Labute approximate surface area is 371 Å². The van der Waals surface area contributed by atoms with Crippen LogP contribution in [0.2, 0.25) is 0 Å². The highest BCUT2D eigenvalue weighted by atomic mass is 16.5. The third-order valence-corrected chi connectivity index (χ3v) is 12.7. The van der Waals surface area contributed by atoms with E-state index in [4.69, 9.17) is 9.72 Å². The molecule has 5 heteroatoms. The molecular weight excluding hydrogens is 757 g/mol. The molecular formula is C57H66N4O. The standard InChI is InChI=1S/C57H66N4O/c1-53(2,3)39-27-28-58-51(32-39)61-48-26-19-18-25-46(48)52-47(57(13,14)38-21-16-15-17-22-38)34-45(35-49(52)61)62-44-24-20-23-42(33-44)59-36-50(56(10,11)12)60(37-59)43-30-40(54(4,5)6)29-41(31-43)55(7,8)9/h15-36H,37H2,1-14H3. The van der Waals surface area contributed by atoms with E-state index in [9.17, 15) is 0 Å². The van der Waals surface area contributed by atoms with Crippen LogP contribution in [0.25, 0.3) is 27.6 Å². The summed E-state index contributed by atoms with van der Waals surface area (Å²) in [7, 11) is 0. The third-order valence-electron chi connectivity index (χ3n) is 12.7. The number of ether oxygens (including phenoxy) is 1. The van der Waals surface area contributed by atoms with Crippen molar-refractivity contribution in [3.8, 4) is 17.3 Å². The molecule has 1 aliphatic rings. The van der Waals surface area contributed by atoms with Gasteiger partial charge in [-0.15, -0.1) is 0 Å². The molecule has 7 aromatic rings. The Morgan fingerprint density at radius 1 is 0.500 bits per heavy atom. The zero-order chi connectivity index (χ0) is 44.6. The summed E-state index contributed by atoms with van der Waals surface area (Å²) < 4.78 is 9.37. The Morgan fingerprint density at radius 3 is 1.79 bits per heavy atom. The van der Waals surface area contributed by atoms with Gasteiger partial charge in [0.1, 0.15) is 17.3 Å². The van der Waals surface area contributed by atoms with E-state index < -0.39 is 0 Å². The van der Waals surface area contributed by atoms with E-state index in [1.54, 1.807) is 0 Å². The molecule has 320 valence electrons. The number of benzene rings is 5. The topological polar surface area (TPSA) is 33.5 Å². The monoisotopic (exact) mass is 823 g/mol. The van der Waals surface area contributed by atoms with Crippen LogP contribution in [0.15, 0.2) is 139 Å². The molecule has 0 fully saturated rings. The number of anilines is 2. The van der Waals surface area contributed by atoms with Gasteiger partial charge in [-0.1, -0.05) is 158 Å². The fraction of sp³-hybridized carbons (Fsp3) is 0.351. The zero-order valence-corrected chi connectivity index (χ0v) is 39.6. The average molecular weight is 823 g/mol. The van der Waals surface area contributed by atoms with Crippen LogP contribution in [0.4, 0.5) is 11.4 Å². The molecule has 0 saturated carbocycles. The first kappa shape index (κ1) is 42.9. The van der Waals surface area contributed by atoms with Crippen molar-refractivity contribution in [3.05, 3.63) is 167 Å². The molecule has 2 aromatic heterocycles. The lowest BCUT2D eigenvalue weighted by Crippen LogP contribution is -2.31. The second-order valence-electron chi connectivity index (χ2n) is 22.0. The van der Waals surface area contributed by atoms with Crippen molar-refractivity contribution in [1.82, 2.24) is 9.55 Å². The van der Waals surface area contributed by atoms with Crippen molar-refractivity contribution >= 4 is 33.2 Å². The second-order valence-corrected chi connectivity index (χ2v) is 22.0. The summed E-state index contributed by atoms with van der Waals surface area (Å²) in [6.07, 6.45) is 4.28. The SMILES string of the molecule is CC(C)(C)C1=CN(c2cccc(Oc3cc(C(C)(C)c4ccccc4)c4c5ccccc5n(-c5cc(C(C)(C)C)ccn5)c4c3)c2)CN1c1cc(C(C)(C)C)cc(C(C)(C)C)c1. The lowest BCUT2D eigenvalue weighted by atomic mass is 9.76. The number of rotatable bonds is 7. The fourth-order valence-corrected chi connectivity index (χ4v) is 8.84. The molecule has 1 aliphatic heterocycles. The van der Waals surface area contributed by atoms with Crippen molar-refractivity contribution in [2.24, 2.45) is 5.41 Å². The van der Waals surface area contributed by atoms with Crippen molar-refractivity contribution in [1.29, 1.82) is 0 Å². The van der Waals surface area contributed by atoms with Crippen molar-refractivity contribution in [3.63, 3.8) is 0 Å². The molecule has 0 bridgehead atoms. The van der Waals surface area contributed by atoms with Crippen LogP contribution in [-0.4, -0.2) is 16.2 Å². The summed E-state index contributed by atoms with van der Waals surface area (Å²) in [4.78, 5) is 9.88. The van der Waals surface area contributed by atoms with E-state index >= 15 is 0 Å². The molecule has 0 N–H and O–H groups in total. The quantitative estimate of drug-likeness (QED) is 0.160. The molecule has 0 unspecified atom stereocenters. The highest BCUT2D eigenvalue weighted by Gasteiger charge is 2.34. The molecule has 62 heavy (non-hydrogen) atoms. The molecule has 0 amide bonds. The van der Waals surface area contributed by atoms with Crippen LogP contribution < -0.4 is 14.5 Å². The number of nitrogens with zero attached hydrogens (tertiary/aromatic N) is 4. The Bertz CT molecular complexity index is 2780. The smallest absolute Gasteiger partial charge is 0.137 e. The van der Waals surface area contributed by atoms with Crippen LogP contribution in [0.5, 0.6) is 11.5 Å². The van der Waals surface area contributed by atoms with Crippen LogP contribution in [0.1, 0.15) is 125 Å². The number of hydrogen-bond donors (Lipinski definition) is 0. The summed E-state index contributed by atoms with van der Waals surface area (Å²) in [5.74, 6) is 2.47. The van der Waals surface area contributed by atoms with Gasteiger partial charge in [0.2, 0.25) is 0 Å². The number of hydrogen-bond acceptors (Lipinski definition) is 4. The van der Waals surface area contributed by atoms with Crippen molar-refractivity contribution in [2.75, 3.05) is 16.5 Å². The lowest BCUT2D eigenvalue weighted by Gasteiger charge is -2.33. The van der Waals surface area contributed by atoms with E-state index in [1.807, 2.05) is 6.20 Å². The number of allylic oxidation sites excluding steroid dienone is 1. The normalized spacial score (nSPS) is 14.3. The minimum absolute atomic E-state index is 0.0211. The summed E-state index contributed by atoms with van der Waals surface area (Å²) >= 11 is 0. The number of fused-ring (bicyclic) bond motifs is 3. The van der Waals surface area contributed by atoms with Crippen LogP contribution in [0.3, 0.4) is 0 Å². The maximum atomic E-state index is 7.04. The third kappa shape index (κ3) is 8.15. The molecule has 5 nitrogen and oxygen atoms in total. The van der Waals surface area contributed by atoms with Gasteiger partial charge in [-0.3, -0.25) is 4.57 Å². The van der Waals surface area contributed by atoms with E-state index in [-0.39, 0.29) is 27.1 Å². The number of aromatic nitrogens is 2. The predicted molar refractivity (Wildman–Crippen MR) is 264 cm³/mol. The highest BCUT2D eigenvalue weighted by Crippen LogP contribution is 2.46. The Hall–Kier alpha value is -5.81. The molecule has 0 spiro atoms. The zero-order valence-electron chi connectivity index (χ0n) is 39.6. The average Bonchev–Trinajstić information content (AvgIpc) is 3.81. The van der Waals surface area contributed by atoms with Gasteiger partial charge in [-0.25, -0.2) is 4.98 Å². The van der Waals surface area contributed by atoms with Gasteiger partial charge in [0.25, 0.3) is 0 Å². The van der Waals surface area contributed by atoms with Crippen molar-refractivity contribution in [2.45, 2.75) is 119 Å². The predicted octanol–water partition coefficient (Wildman–Crippen LogP) is 15.4. The Balaban J connectivity index is 1.25. The minimum Gasteiger partial charge on any atom is -0.457 e. The molecule has 0 radical (unpaired) electrons. The highest BCUT2D eigenvalue weighted by molar-refractivity contribution is 6.11. The number of pyridine rings is 1. The van der Waals surface area contributed by atoms with Gasteiger partial charge < -0.3 is 14.5 Å². The fourth-order valence-electron chi connectivity index (χ4n) is 8.84. The van der Waals surface area contributed by atoms with Crippen LogP contribution in [-0.2, 0) is 21.7 Å². The first-order valence-electron chi connectivity index (χ1n) is 22.3. The number of para-hydroxylation sites is 1. The van der Waals surface area contributed by atoms with E-state index in [0.717, 1.165) is 34.0 Å². The van der Waals surface area contributed by atoms with Crippen LogP contribution in [0, 0.1) is 5.41 Å². The van der Waals surface area contributed by atoms with E-state index in [2.05, 4.69) is 239 Å². The molecule has 8 rings (SSSR count). The molecule has 3 heterocycles. The summed E-state index contributed by atoms with van der Waals surface area (Å²) in [5, 5.41) is 2.40. The van der Waals surface area contributed by atoms with Crippen molar-refractivity contribution < 1.29 is 4.74 Å². The lowest BCUT2D eigenvalue weighted by molar-refractivity contribution is 0.481. The first-order chi connectivity index (χ1) is 29.0. The van der Waals surface area contributed by atoms with Gasteiger partial charge in [0.15, 0.2) is 0 Å². The maximum absolute atomic E-state index is 7.04. The Kier molecular flexibility index (Phi) is 10.5. The van der Waals surface area contributed by atoms with Gasteiger partial charge in [-0.2, -0.15) is 0 Å². The van der Waals surface area contributed by atoms with E-state index in [0.29, 0.717) is 6.67 Å². The van der Waals surface area contributed by atoms with Crippen LogP contribution >= 0.6 is 0 Å². The minimum atomic E-state index is -0.347. The summed E-state index contributed by atoms with van der Waals surface area (Å²) in [6.45, 7) is 32.9. The van der Waals surface area contributed by atoms with Gasteiger partial charge in [0, 0.05) is 63.2 Å². The first-order valence-corrected chi connectivity index (χ1v) is 22.3. The molecule has 0 saturated heterocycles. The second kappa shape index (κ2) is 15.2. The largest absolute Gasteiger partial charge is 0.457 e. The van der Waals surface area contributed by atoms with Gasteiger partial charge >= 0.3 is 0 Å². The summed E-state index contributed by atoms with van der Waals surface area (Å²) in [5.41, 5.74) is 11.8. The van der Waals surface area contributed by atoms with Gasteiger partial charge in [0.05, 0.1) is 17.7 Å². The maximum Gasteiger partial charge on any atom is 0.137 e. The molecule has 0 aliphatic carbocycles. The molecule has 5 aromatic carbocycles. The summed E-state index contributed by atoms with van der Waals surface area (Å²) in [6, 6.07) is 44.2. The Morgan fingerprint density at radius 2 is 1.15 bits per heavy atom. The van der Waals surface area contributed by atoms with Gasteiger partial charge in [-0.05, 0) is 92.6 Å². The van der Waals surface area contributed by atoms with E-state index in [1.165, 1.54) is 50.0 Å².